The highest BCUT2D eigenvalue weighted by atomic mass is 19.4. The number of aromatic amines is 1. The van der Waals surface area contributed by atoms with Crippen molar-refractivity contribution in [3.8, 4) is 0 Å². The molecule has 0 amide bonds. The molecule has 1 aromatic carbocycles. The summed E-state index contributed by atoms with van der Waals surface area (Å²) >= 11 is 0. The van der Waals surface area contributed by atoms with E-state index in [4.69, 9.17) is 0 Å². The number of ether oxygens (including phenoxy) is 1. The largest absolute Gasteiger partial charge is 0.411 e. The summed E-state index contributed by atoms with van der Waals surface area (Å²) in [6.07, 6.45) is -4.44. The first-order valence-corrected chi connectivity index (χ1v) is 4.83. The molecule has 8 heteroatoms. The Balaban J connectivity index is 2.13. The molecule has 0 saturated carbocycles. The summed E-state index contributed by atoms with van der Waals surface area (Å²) < 4.78 is 65.9. The van der Waals surface area contributed by atoms with Crippen LogP contribution in [0.4, 0.5) is 22.0 Å². The number of imidazole rings is 1. The van der Waals surface area contributed by atoms with Crippen LogP contribution in [-0.4, -0.2) is 22.8 Å². The van der Waals surface area contributed by atoms with Gasteiger partial charge in [-0.05, 0) is 6.07 Å². The molecule has 0 aliphatic carbocycles. The molecule has 0 spiro atoms. The molecule has 0 atom stereocenters. The molecular formula is C10H7F5N2O. The third-order valence-electron chi connectivity index (χ3n) is 2.06. The van der Waals surface area contributed by atoms with Crippen LogP contribution in [0, 0.1) is 11.6 Å². The monoisotopic (exact) mass is 266 g/mol. The molecule has 2 rings (SSSR count). The third-order valence-corrected chi connectivity index (χ3v) is 2.06. The molecule has 0 bridgehead atoms. The molecule has 18 heavy (non-hydrogen) atoms. The molecule has 1 N–H and O–H groups in total. The number of halogens is 5. The van der Waals surface area contributed by atoms with Crippen LogP contribution in [0.15, 0.2) is 12.1 Å². The van der Waals surface area contributed by atoms with Crippen LogP contribution in [0.2, 0.25) is 0 Å². The fraction of sp³-hybridized carbons (Fsp3) is 0.300. The van der Waals surface area contributed by atoms with Crippen LogP contribution in [0.3, 0.4) is 0 Å². The van der Waals surface area contributed by atoms with Crippen molar-refractivity contribution < 1.29 is 26.7 Å². The summed E-state index contributed by atoms with van der Waals surface area (Å²) in [6.45, 7) is -1.89. The van der Waals surface area contributed by atoms with Gasteiger partial charge in [-0.2, -0.15) is 13.2 Å². The number of alkyl halides is 3. The highest BCUT2D eigenvalue weighted by Gasteiger charge is 2.27. The lowest BCUT2D eigenvalue weighted by Gasteiger charge is -2.05. The van der Waals surface area contributed by atoms with Gasteiger partial charge < -0.3 is 9.72 Å². The highest BCUT2D eigenvalue weighted by Crippen LogP contribution is 2.19. The Morgan fingerprint density at radius 2 is 1.94 bits per heavy atom. The molecule has 0 aliphatic heterocycles. The van der Waals surface area contributed by atoms with Gasteiger partial charge in [0.05, 0.1) is 5.52 Å². The molecule has 3 nitrogen and oxygen atoms in total. The van der Waals surface area contributed by atoms with E-state index >= 15 is 0 Å². The van der Waals surface area contributed by atoms with Gasteiger partial charge in [-0.1, -0.05) is 0 Å². The molecule has 98 valence electrons. The third kappa shape index (κ3) is 2.95. The summed E-state index contributed by atoms with van der Waals surface area (Å²) in [5, 5.41) is 0. The van der Waals surface area contributed by atoms with Crippen LogP contribution >= 0.6 is 0 Å². The first kappa shape index (κ1) is 12.7. The van der Waals surface area contributed by atoms with Crippen LogP contribution in [0.1, 0.15) is 5.82 Å². The van der Waals surface area contributed by atoms with E-state index in [2.05, 4.69) is 14.7 Å². The van der Waals surface area contributed by atoms with Gasteiger partial charge in [0.15, 0.2) is 5.82 Å². The average molecular weight is 266 g/mol. The second-order valence-corrected chi connectivity index (χ2v) is 3.58. The normalized spacial score (nSPS) is 12.3. The SMILES string of the molecule is Fc1cc(F)c2nc(COCC(F)(F)F)[nH]c2c1. The molecule has 0 saturated heterocycles. The molecule has 0 aliphatic rings. The Bertz CT molecular complexity index is 563. The Labute approximate surface area is 97.6 Å². The second kappa shape index (κ2) is 4.52. The Kier molecular flexibility index (Phi) is 3.20. The molecule has 1 heterocycles. The number of aromatic nitrogens is 2. The van der Waals surface area contributed by atoms with Gasteiger partial charge in [-0.25, -0.2) is 13.8 Å². The maximum absolute atomic E-state index is 13.2. The van der Waals surface area contributed by atoms with E-state index in [1.54, 1.807) is 0 Å². The standard InChI is InChI=1S/C10H7F5N2O/c11-5-1-6(12)9-7(2-5)16-8(17-9)3-18-4-10(13,14)15/h1-2H,3-4H2,(H,16,17). The molecule has 0 radical (unpaired) electrons. The maximum atomic E-state index is 13.2. The second-order valence-electron chi connectivity index (χ2n) is 3.58. The minimum atomic E-state index is -4.44. The summed E-state index contributed by atoms with van der Waals surface area (Å²) in [4.78, 5) is 6.16. The zero-order chi connectivity index (χ0) is 13.3. The lowest BCUT2D eigenvalue weighted by molar-refractivity contribution is -0.177. The Hall–Kier alpha value is -1.70. The number of rotatable bonds is 3. The number of nitrogens with zero attached hydrogens (tertiary/aromatic N) is 1. The zero-order valence-electron chi connectivity index (χ0n) is 8.81. The van der Waals surface area contributed by atoms with Crippen molar-refractivity contribution in [2.24, 2.45) is 0 Å². The minimum Gasteiger partial charge on any atom is -0.364 e. The molecule has 0 fully saturated rings. The topological polar surface area (TPSA) is 37.9 Å². The number of H-pyrrole nitrogens is 1. The fourth-order valence-corrected chi connectivity index (χ4v) is 1.43. The minimum absolute atomic E-state index is 0.00116. The van der Waals surface area contributed by atoms with Gasteiger partial charge in [-0.3, -0.25) is 0 Å². The summed E-state index contributed by atoms with van der Waals surface area (Å²) in [5.41, 5.74) is -0.0693. The highest BCUT2D eigenvalue weighted by molar-refractivity contribution is 5.75. The van der Waals surface area contributed by atoms with Crippen LogP contribution in [0.25, 0.3) is 11.0 Å². The van der Waals surface area contributed by atoms with E-state index in [1.807, 2.05) is 0 Å². The van der Waals surface area contributed by atoms with Gasteiger partial charge in [0.25, 0.3) is 0 Å². The van der Waals surface area contributed by atoms with E-state index in [0.717, 1.165) is 6.07 Å². The zero-order valence-corrected chi connectivity index (χ0v) is 8.81. The van der Waals surface area contributed by atoms with Crippen molar-refractivity contribution in [2.45, 2.75) is 12.8 Å². The first-order chi connectivity index (χ1) is 8.35. The van der Waals surface area contributed by atoms with Crippen LogP contribution in [-0.2, 0) is 11.3 Å². The number of hydrogen-bond acceptors (Lipinski definition) is 2. The van der Waals surface area contributed by atoms with Crippen molar-refractivity contribution >= 4 is 11.0 Å². The van der Waals surface area contributed by atoms with E-state index < -0.39 is 31.0 Å². The lowest BCUT2D eigenvalue weighted by atomic mass is 10.3. The predicted molar refractivity (Wildman–Crippen MR) is 51.7 cm³/mol. The van der Waals surface area contributed by atoms with Crippen molar-refractivity contribution in [1.82, 2.24) is 9.97 Å². The van der Waals surface area contributed by atoms with Crippen molar-refractivity contribution in [1.29, 1.82) is 0 Å². The Morgan fingerprint density at radius 1 is 1.22 bits per heavy atom. The van der Waals surface area contributed by atoms with Gasteiger partial charge in [0.2, 0.25) is 0 Å². The van der Waals surface area contributed by atoms with Gasteiger partial charge in [-0.15, -0.1) is 0 Å². The van der Waals surface area contributed by atoms with Crippen LogP contribution < -0.4 is 0 Å². The van der Waals surface area contributed by atoms with Gasteiger partial charge in [0, 0.05) is 6.07 Å². The number of fused-ring (bicyclic) bond motifs is 1. The Morgan fingerprint density at radius 3 is 2.61 bits per heavy atom. The molecular weight excluding hydrogens is 259 g/mol. The average Bonchev–Trinajstić information content (AvgIpc) is 2.58. The number of benzene rings is 1. The summed E-state index contributed by atoms with van der Waals surface area (Å²) in [5.74, 6) is -1.69. The number of nitrogens with one attached hydrogen (secondary N) is 1. The maximum Gasteiger partial charge on any atom is 0.411 e. The molecule has 1 aromatic heterocycles. The summed E-state index contributed by atoms with van der Waals surface area (Å²) in [6, 6.07) is 1.64. The van der Waals surface area contributed by atoms with Gasteiger partial charge >= 0.3 is 6.18 Å². The van der Waals surface area contributed by atoms with Crippen molar-refractivity contribution in [2.75, 3.05) is 6.61 Å². The van der Waals surface area contributed by atoms with E-state index in [1.165, 1.54) is 0 Å². The van der Waals surface area contributed by atoms with Crippen molar-refractivity contribution in [3.05, 3.63) is 29.6 Å². The van der Waals surface area contributed by atoms with E-state index in [0.29, 0.717) is 6.07 Å². The quantitative estimate of drug-likeness (QED) is 0.867. The first-order valence-electron chi connectivity index (χ1n) is 4.83. The predicted octanol–water partition coefficient (Wildman–Crippen LogP) is 2.92. The summed E-state index contributed by atoms with van der Waals surface area (Å²) in [7, 11) is 0. The molecule has 2 aromatic rings. The van der Waals surface area contributed by atoms with E-state index in [-0.39, 0.29) is 16.9 Å². The van der Waals surface area contributed by atoms with Gasteiger partial charge in [0.1, 0.15) is 30.4 Å². The number of hydrogen-bond donors (Lipinski definition) is 1. The lowest BCUT2D eigenvalue weighted by Crippen LogP contribution is -2.16. The fourth-order valence-electron chi connectivity index (χ4n) is 1.43. The van der Waals surface area contributed by atoms with Crippen LogP contribution in [0.5, 0.6) is 0 Å². The van der Waals surface area contributed by atoms with E-state index in [9.17, 15) is 22.0 Å². The van der Waals surface area contributed by atoms with Crippen molar-refractivity contribution in [3.63, 3.8) is 0 Å². The smallest absolute Gasteiger partial charge is 0.364 e. The molecule has 0 unspecified atom stereocenters.